The SMILES string of the molecule is O=C(CC1CC1)N1CCC2(CCN(Cc3cccc(F)c3)CC2)CC1.O=C(O)C(F)(F)F. The number of hydrogen-bond acceptors (Lipinski definition) is 3. The van der Waals surface area contributed by atoms with Crippen LogP contribution in [0.4, 0.5) is 17.6 Å². The van der Waals surface area contributed by atoms with Crippen molar-refractivity contribution in [3.05, 3.63) is 35.6 Å². The van der Waals surface area contributed by atoms with E-state index in [0.29, 0.717) is 17.2 Å². The van der Waals surface area contributed by atoms with Gasteiger partial charge in [-0.05, 0) is 80.6 Å². The zero-order valence-electron chi connectivity index (χ0n) is 18.0. The molecule has 0 atom stereocenters. The van der Waals surface area contributed by atoms with Gasteiger partial charge >= 0.3 is 12.1 Å². The van der Waals surface area contributed by atoms with Crippen molar-refractivity contribution < 1.29 is 32.3 Å². The van der Waals surface area contributed by atoms with E-state index >= 15 is 0 Å². The molecular formula is C23H30F4N2O3. The number of likely N-dealkylation sites (tertiary alicyclic amines) is 2. The van der Waals surface area contributed by atoms with Gasteiger partial charge in [0.05, 0.1) is 0 Å². The van der Waals surface area contributed by atoms with E-state index < -0.39 is 12.1 Å². The highest BCUT2D eigenvalue weighted by Gasteiger charge is 2.39. The van der Waals surface area contributed by atoms with Crippen molar-refractivity contribution >= 4 is 11.9 Å². The number of carboxylic acids is 1. The van der Waals surface area contributed by atoms with Crippen LogP contribution >= 0.6 is 0 Å². The van der Waals surface area contributed by atoms with Crippen LogP contribution in [-0.2, 0) is 16.1 Å². The van der Waals surface area contributed by atoms with Gasteiger partial charge in [0.2, 0.25) is 5.91 Å². The summed E-state index contributed by atoms with van der Waals surface area (Å²) >= 11 is 0. The Hall–Kier alpha value is -2.16. The zero-order valence-corrected chi connectivity index (χ0v) is 18.0. The molecule has 32 heavy (non-hydrogen) atoms. The van der Waals surface area contributed by atoms with E-state index in [2.05, 4.69) is 9.80 Å². The van der Waals surface area contributed by atoms with E-state index in [-0.39, 0.29) is 5.82 Å². The van der Waals surface area contributed by atoms with Crippen molar-refractivity contribution in [1.82, 2.24) is 9.80 Å². The maximum Gasteiger partial charge on any atom is 0.490 e. The molecule has 3 aliphatic rings. The average molecular weight is 458 g/mol. The third kappa shape index (κ3) is 7.18. The van der Waals surface area contributed by atoms with Crippen LogP contribution in [0.1, 0.15) is 50.5 Å². The number of benzene rings is 1. The van der Waals surface area contributed by atoms with Gasteiger partial charge in [-0.1, -0.05) is 12.1 Å². The number of carboxylic acid groups (broad SMARTS) is 1. The van der Waals surface area contributed by atoms with Crippen LogP contribution in [0.15, 0.2) is 24.3 Å². The number of nitrogens with zero attached hydrogens (tertiary/aromatic N) is 2. The first-order valence-corrected chi connectivity index (χ1v) is 11.1. The van der Waals surface area contributed by atoms with E-state index in [4.69, 9.17) is 9.90 Å². The van der Waals surface area contributed by atoms with Crippen LogP contribution in [-0.4, -0.2) is 59.1 Å². The second-order valence-electron chi connectivity index (χ2n) is 9.24. The maximum absolute atomic E-state index is 13.3. The molecule has 1 aromatic rings. The minimum Gasteiger partial charge on any atom is -0.475 e. The fourth-order valence-corrected chi connectivity index (χ4v) is 4.51. The van der Waals surface area contributed by atoms with Gasteiger partial charge in [0.15, 0.2) is 0 Å². The fraction of sp³-hybridized carbons (Fsp3) is 0.652. The Balaban J connectivity index is 0.000000360. The zero-order chi connectivity index (χ0) is 23.4. The molecule has 4 rings (SSSR count). The Kier molecular flexibility index (Phi) is 7.79. The lowest BCUT2D eigenvalue weighted by atomic mass is 9.71. The molecule has 2 saturated heterocycles. The predicted molar refractivity (Wildman–Crippen MR) is 110 cm³/mol. The van der Waals surface area contributed by atoms with Gasteiger partial charge in [0.1, 0.15) is 5.82 Å². The lowest BCUT2D eigenvalue weighted by molar-refractivity contribution is -0.192. The van der Waals surface area contributed by atoms with E-state index in [1.807, 2.05) is 6.07 Å². The monoisotopic (exact) mass is 458 g/mol. The number of halogens is 4. The molecule has 0 radical (unpaired) electrons. The predicted octanol–water partition coefficient (Wildman–Crippen LogP) is 4.46. The average Bonchev–Trinajstić information content (AvgIpc) is 3.54. The summed E-state index contributed by atoms with van der Waals surface area (Å²) in [6, 6.07) is 6.96. The van der Waals surface area contributed by atoms with Gasteiger partial charge in [0, 0.05) is 26.1 Å². The van der Waals surface area contributed by atoms with Gasteiger partial charge in [-0.3, -0.25) is 9.69 Å². The molecule has 1 amide bonds. The summed E-state index contributed by atoms with van der Waals surface area (Å²) < 4.78 is 45.1. The van der Waals surface area contributed by atoms with E-state index in [1.54, 1.807) is 12.1 Å². The number of carbonyl (C=O) groups is 2. The summed E-state index contributed by atoms with van der Waals surface area (Å²) in [7, 11) is 0. The number of amides is 1. The molecule has 1 N–H and O–H groups in total. The van der Waals surface area contributed by atoms with Crippen LogP contribution in [0.5, 0.6) is 0 Å². The molecule has 0 aromatic heterocycles. The Morgan fingerprint density at radius 2 is 1.59 bits per heavy atom. The number of aliphatic carboxylic acids is 1. The first kappa shape index (κ1) is 24.5. The summed E-state index contributed by atoms with van der Waals surface area (Å²) in [5.74, 6) is -1.82. The second kappa shape index (κ2) is 10.2. The number of piperidine rings is 2. The third-order valence-corrected chi connectivity index (χ3v) is 6.79. The quantitative estimate of drug-likeness (QED) is 0.677. The third-order valence-electron chi connectivity index (χ3n) is 6.79. The van der Waals surface area contributed by atoms with Gasteiger partial charge in [-0.2, -0.15) is 13.2 Å². The van der Waals surface area contributed by atoms with Crippen molar-refractivity contribution in [2.45, 2.75) is 57.7 Å². The maximum atomic E-state index is 13.3. The summed E-state index contributed by atoms with van der Waals surface area (Å²) in [5, 5.41) is 7.12. The Labute approximate surface area is 185 Å². The number of hydrogen-bond donors (Lipinski definition) is 1. The van der Waals surface area contributed by atoms with Crippen LogP contribution in [0.2, 0.25) is 0 Å². The molecule has 0 unspecified atom stereocenters. The highest BCUT2D eigenvalue weighted by molar-refractivity contribution is 5.76. The standard InChI is InChI=1S/C21H29FN2O.C2HF3O2/c22-19-3-1-2-18(14-19)16-23-10-6-21(7-11-23)8-12-24(13-9-21)20(25)15-17-4-5-17;3-2(4,5)1(6)7/h1-3,14,17H,4-13,15-16H2;(H,6,7). The topological polar surface area (TPSA) is 60.9 Å². The molecule has 2 heterocycles. The normalized spacial score (nSPS) is 21.1. The van der Waals surface area contributed by atoms with Crippen molar-refractivity contribution in [2.24, 2.45) is 11.3 Å². The van der Waals surface area contributed by atoms with E-state index in [1.165, 1.54) is 31.7 Å². The molecule has 1 aromatic carbocycles. The molecule has 0 bridgehead atoms. The second-order valence-corrected chi connectivity index (χ2v) is 9.24. The smallest absolute Gasteiger partial charge is 0.475 e. The van der Waals surface area contributed by atoms with Gasteiger partial charge in [-0.15, -0.1) is 0 Å². The number of carbonyl (C=O) groups excluding carboxylic acids is 1. The van der Waals surface area contributed by atoms with E-state index in [0.717, 1.165) is 57.5 Å². The van der Waals surface area contributed by atoms with Crippen molar-refractivity contribution in [3.63, 3.8) is 0 Å². The molecule has 178 valence electrons. The van der Waals surface area contributed by atoms with Crippen LogP contribution in [0.25, 0.3) is 0 Å². The van der Waals surface area contributed by atoms with Crippen molar-refractivity contribution in [1.29, 1.82) is 0 Å². The van der Waals surface area contributed by atoms with Crippen LogP contribution in [0, 0.1) is 17.2 Å². The highest BCUT2D eigenvalue weighted by atomic mass is 19.4. The first-order chi connectivity index (χ1) is 15.1. The summed E-state index contributed by atoms with van der Waals surface area (Å²) in [6.07, 6.45) is 2.97. The Morgan fingerprint density at radius 1 is 1.03 bits per heavy atom. The molecule has 1 spiro atoms. The Morgan fingerprint density at radius 3 is 2.09 bits per heavy atom. The molecule has 9 heteroatoms. The molecule has 3 fully saturated rings. The van der Waals surface area contributed by atoms with E-state index in [9.17, 15) is 22.4 Å². The summed E-state index contributed by atoms with van der Waals surface area (Å²) in [4.78, 5) is 25.7. The first-order valence-electron chi connectivity index (χ1n) is 11.1. The molecule has 1 saturated carbocycles. The lowest BCUT2D eigenvalue weighted by Crippen LogP contribution is -2.48. The van der Waals surface area contributed by atoms with Gasteiger partial charge in [0.25, 0.3) is 0 Å². The van der Waals surface area contributed by atoms with Gasteiger partial charge in [-0.25, -0.2) is 9.18 Å². The molecular weight excluding hydrogens is 428 g/mol. The molecule has 5 nitrogen and oxygen atoms in total. The lowest BCUT2D eigenvalue weighted by Gasteiger charge is -2.47. The number of rotatable bonds is 4. The van der Waals surface area contributed by atoms with Crippen LogP contribution in [0.3, 0.4) is 0 Å². The van der Waals surface area contributed by atoms with Crippen molar-refractivity contribution in [3.8, 4) is 0 Å². The number of alkyl halides is 3. The molecule has 2 aliphatic heterocycles. The minimum absolute atomic E-state index is 0.144. The summed E-state index contributed by atoms with van der Waals surface area (Å²) in [5.41, 5.74) is 1.51. The minimum atomic E-state index is -5.08. The Bertz CT molecular complexity index is 793. The summed E-state index contributed by atoms with van der Waals surface area (Å²) in [6.45, 7) is 4.93. The highest BCUT2D eigenvalue weighted by Crippen LogP contribution is 2.42. The molecule has 1 aliphatic carbocycles. The van der Waals surface area contributed by atoms with Crippen LogP contribution < -0.4 is 0 Å². The largest absolute Gasteiger partial charge is 0.490 e. The fourth-order valence-electron chi connectivity index (χ4n) is 4.51. The van der Waals surface area contributed by atoms with Crippen molar-refractivity contribution in [2.75, 3.05) is 26.2 Å². The van der Waals surface area contributed by atoms with Gasteiger partial charge < -0.3 is 10.0 Å².